The molecular formula is C25H39NO5. The van der Waals surface area contributed by atoms with Crippen molar-refractivity contribution in [1.29, 1.82) is 0 Å². The molecule has 1 aromatic rings. The highest BCUT2D eigenvalue weighted by molar-refractivity contribution is 5.69. The summed E-state index contributed by atoms with van der Waals surface area (Å²) in [6.45, 7) is 7.15. The van der Waals surface area contributed by atoms with Crippen molar-refractivity contribution in [3.8, 4) is 0 Å². The molecule has 1 aliphatic heterocycles. The van der Waals surface area contributed by atoms with Gasteiger partial charge in [-0.2, -0.15) is 0 Å². The predicted octanol–water partition coefficient (Wildman–Crippen LogP) is 4.62. The lowest BCUT2D eigenvalue weighted by Gasteiger charge is -2.35. The minimum atomic E-state index is -1.23. The molecule has 3 atom stereocenters. The molecule has 0 spiro atoms. The van der Waals surface area contributed by atoms with Crippen molar-refractivity contribution in [1.82, 2.24) is 4.90 Å². The SMILES string of the molecule is CC(C)(O)[C@H](O)C[C@@H]1OC(C)(C)N(C(=O)OCc2ccccc2)[C@H]1CC1CCCCC1. The van der Waals surface area contributed by atoms with Crippen molar-refractivity contribution in [3.63, 3.8) is 0 Å². The Morgan fingerprint density at radius 1 is 1.23 bits per heavy atom. The lowest BCUT2D eigenvalue weighted by atomic mass is 9.82. The average Bonchev–Trinajstić information content (AvgIpc) is 2.96. The summed E-state index contributed by atoms with van der Waals surface area (Å²) in [5.41, 5.74) is -1.15. The fourth-order valence-electron chi connectivity index (χ4n) is 4.95. The number of benzene rings is 1. The summed E-state index contributed by atoms with van der Waals surface area (Å²) in [5, 5.41) is 20.8. The van der Waals surface area contributed by atoms with E-state index in [2.05, 4.69) is 0 Å². The van der Waals surface area contributed by atoms with Gasteiger partial charge in [-0.3, -0.25) is 4.90 Å². The molecule has 0 radical (unpaired) electrons. The summed E-state index contributed by atoms with van der Waals surface area (Å²) in [5.74, 6) is 0.530. The number of hydrogen-bond acceptors (Lipinski definition) is 5. The van der Waals surface area contributed by atoms with Gasteiger partial charge in [0.2, 0.25) is 0 Å². The van der Waals surface area contributed by atoms with E-state index in [1.54, 1.807) is 18.7 Å². The number of hydrogen-bond donors (Lipinski definition) is 2. The quantitative estimate of drug-likeness (QED) is 0.656. The van der Waals surface area contributed by atoms with Crippen LogP contribution >= 0.6 is 0 Å². The number of aliphatic hydroxyl groups excluding tert-OH is 1. The van der Waals surface area contributed by atoms with E-state index in [-0.39, 0.29) is 25.2 Å². The Kier molecular flexibility index (Phi) is 7.66. The molecule has 1 aromatic carbocycles. The van der Waals surface area contributed by atoms with Crippen LogP contribution in [0.25, 0.3) is 0 Å². The summed E-state index contributed by atoms with van der Waals surface area (Å²) >= 11 is 0. The molecule has 0 aromatic heterocycles. The van der Waals surface area contributed by atoms with E-state index < -0.39 is 23.5 Å². The fourth-order valence-corrected chi connectivity index (χ4v) is 4.95. The molecule has 2 N–H and O–H groups in total. The molecule has 1 aliphatic carbocycles. The first-order valence-corrected chi connectivity index (χ1v) is 11.7. The fraction of sp³-hybridized carbons (Fsp3) is 0.720. The number of rotatable bonds is 7. The van der Waals surface area contributed by atoms with Gasteiger partial charge < -0.3 is 19.7 Å². The number of carbonyl (C=O) groups excluding carboxylic acids is 1. The van der Waals surface area contributed by atoms with E-state index in [4.69, 9.17) is 9.47 Å². The van der Waals surface area contributed by atoms with E-state index >= 15 is 0 Å². The van der Waals surface area contributed by atoms with Crippen LogP contribution in [0, 0.1) is 5.92 Å². The van der Waals surface area contributed by atoms with Crippen molar-refractivity contribution in [2.45, 2.75) is 109 Å². The average molecular weight is 434 g/mol. The Balaban J connectivity index is 1.77. The molecule has 1 saturated heterocycles. The molecule has 1 amide bonds. The van der Waals surface area contributed by atoms with E-state index in [1.807, 2.05) is 44.2 Å². The second kappa shape index (κ2) is 9.88. The van der Waals surface area contributed by atoms with Crippen molar-refractivity contribution in [3.05, 3.63) is 35.9 Å². The Hall–Kier alpha value is -1.63. The lowest BCUT2D eigenvalue weighted by Crippen LogP contribution is -2.49. The van der Waals surface area contributed by atoms with E-state index in [1.165, 1.54) is 19.3 Å². The van der Waals surface area contributed by atoms with E-state index in [0.717, 1.165) is 24.8 Å². The number of nitrogens with zero attached hydrogens (tertiary/aromatic N) is 1. The Morgan fingerprint density at radius 2 is 1.87 bits per heavy atom. The summed E-state index contributed by atoms with van der Waals surface area (Å²) in [4.78, 5) is 15.0. The minimum absolute atomic E-state index is 0.196. The third-order valence-electron chi connectivity index (χ3n) is 6.75. The normalized spacial score (nSPS) is 25.4. The zero-order valence-electron chi connectivity index (χ0n) is 19.4. The monoisotopic (exact) mass is 433 g/mol. The predicted molar refractivity (Wildman–Crippen MR) is 119 cm³/mol. The summed E-state index contributed by atoms with van der Waals surface area (Å²) < 4.78 is 12.0. The maximum Gasteiger partial charge on any atom is 0.412 e. The highest BCUT2D eigenvalue weighted by atomic mass is 16.6. The van der Waals surface area contributed by atoms with Gasteiger partial charge in [0.1, 0.15) is 12.3 Å². The number of amides is 1. The van der Waals surface area contributed by atoms with Crippen LogP contribution in [0.4, 0.5) is 4.79 Å². The Morgan fingerprint density at radius 3 is 2.48 bits per heavy atom. The molecule has 1 heterocycles. The molecule has 2 aliphatic rings. The van der Waals surface area contributed by atoms with Gasteiger partial charge in [-0.15, -0.1) is 0 Å². The summed E-state index contributed by atoms with van der Waals surface area (Å²) in [6, 6.07) is 9.44. The van der Waals surface area contributed by atoms with Crippen LogP contribution in [0.3, 0.4) is 0 Å². The van der Waals surface area contributed by atoms with Crippen LogP contribution in [0.2, 0.25) is 0 Å². The second-order valence-electron chi connectivity index (χ2n) is 10.2. The molecule has 6 nitrogen and oxygen atoms in total. The minimum Gasteiger partial charge on any atom is -0.444 e. The first-order chi connectivity index (χ1) is 14.6. The molecule has 6 heteroatoms. The molecule has 3 rings (SSSR count). The molecular weight excluding hydrogens is 394 g/mol. The van der Waals surface area contributed by atoms with Gasteiger partial charge in [0.05, 0.1) is 23.9 Å². The van der Waals surface area contributed by atoms with Gasteiger partial charge in [-0.05, 0) is 45.6 Å². The van der Waals surface area contributed by atoms with Crippen LogP contribution in [0.1, 0.15) is 78.2 Å². The number of carbonyl (C=O) groups is 1. The van der Waals surface area contributed by atoms with Crippen LogP contribution in [0.15, 0.2) is 30.3 Å². The largest absolute Gasteiger partial charge is 0.444 e. The van der Waals surface area contributed by atoms with Crippen molar-refractivity contribution >= 4 is 6.09 Å². The standard InChI is InChI=1S/C25H39NO5/c1-24(2,29)22(27)16-21-20(15-18-11-7-5-8-12-18)26(25(3,4)31-21)23(28)30-17-19-13-9-6-10-14-19/h6,9-10,13-14,18,20-22,27,29H,5,7-8,11-12,15-17H2,1-4H3/t20-,21-,22+/m0/s1. The summed E-state index contributed by atoms with van der Waals surface area (Å²) in [6.07, 6.45) is 5.43. The van der Waals surface area contributed by atoms with Gasteiger partial charge in [-0.1, -0.05) is 62.4 Å². The second-order valence-corrected chi connectivity index (χ2v) is 10.2. The molecule has 0 unspecified atom stereocenters. The first kappa shape index (κ1) is 24.0. The lowest BCUT2D eigenvalue weighted by molar-refractivity contribution is -0.102. The van der Waals surface area contributed by atoms with Crippen LogP contribution in [-0.4, -0.2) is 50.8 Å². The molecule has 0 bridgehead atoms. The zero-order chi connectivity index (χ0) is 22.6. The van der Waals surface area contributed by atoms with Crippen molar-refractivity contribution in [2.75, 3.05) is 0 Å². The number of ether oxygens (including phenoxy) is 2. The molecule has 2 fully saturated rings. The van der Waals surface area contributed by atoms with E-state index in [0.29, 0.717) is 5.92 Å². The highest BCUT2D eigenvalue weighted by Gasteiger charge is 2.52. The Bertz CT molecular complexity index is 708. The molecule has 31 heavy (non-hydrogen) atoms. The van der Waals surface area contributed by atoms with Crippen LogP contribution in [-0.2, 0) is 16.1 Å². The van der Waals surface area contributed by atoms with Gasteiger partial charge >= 0.3 is 6.09 Å². The van der Waals surface area contributed by atoms with Gasteiger partial charge in [0, 0.05) is 6.42 Å². The summed E-state index contributed by atoms with van der Waals surface area (Å²) in [7, 11) is 0. The number of aliphatic hydroxyl groups is 2. The Labute approximate surface area is 186 Å². The smallest absolute Gasteiger partial charge is 0.412 e. The first-order valence-electron chi connectivity index (χ1n) is 11.7. The van der Waals surface area contributed by atoms with Gasteiger partial charge in [0.25, 0.3) is 0 Å². The maximum absolute atomic E-state index is 13.2. The molecule has 174 valence electrons. The van der Waals surface area contributed by atoms with Crippen LogP contribution < -0.4 is 0 Å². The van der Waals surface area contributed by atoms with Crippen molar-refractivity contribution < 1.29 is 24.5 Å². The molecule has 1 saturated carbocycles. The van der Waals surface area contributed by atoms with Crippen LogP contribution in [0.5, 0.6) is 0 Å². The zero-order valence-corrected chi connectivity index (χ0v) is 19.4. The third kappa shape index (κ3) is 6.21. The van der Waals surface area contributed by atoms with E-state index in [9.17, 15) is 15.0 Å². The third-order valence-corrected chi connectivity index (χ3v) is 6.75. The van der Waals surface area contributed by atoms with Gasteiger partial charge in [0.15, 0.2) is 0 Å². The maximum atomic E-state index is 13.2. The van der Waals surface area contributed by atoms with Crippen molar-refractivity contribution in [2.24, 2.45) is 5.92 Å². The topological polar surface area (TPSA) is 79.2 Å². The highest BCUT2D eigenvalue weighted by Crippen LogP contribution is 2.40. The van der Waals surface area contributed by atoms with Gasteiger partial charge in [-0.25, -0.2) is 4.79 Å².